The van der Waals surface area contributed by atoms with E-state index in [0.717, 1.165) is 0 Å². The van der Waals surface area contributed by atoms with Crippen molar-refractivity contribution in [2.75, 3.05) is 0 Å². The maximum atomic E-state index is 4.71. The Balaban J connectivity index is 3.11. The summed E-state index contributed by atoms with van der Waals surface area (Å²) in [6, 6.07) is 0. The molecule has 0 N–H and O–H groups in total. The van der Waals surface area contributed by atoms with Gasteiger partial charge in [-0.3, -0.25) is 0 Å². The van der Waals surface area contributed by atoms with Crippen LogP contribution in [0.15, 0.2) is 23.3 Å². The van der Waals surface area contributed by atoms with Gasteiger partial charge >= 0.3 is 0 Å². The molecule has 1 aliphatic rings. The minimum Gasteiger partial charge on any atom is -0.690 e. The first kappa shape index (κ1) is 13.6. The van der Waals surface area contributed by atoms with Crippen molar-refractivity contribution in [1.82, 2.24) is 0 Å². The fraction of sp³-hybridized carbons (Fsp3) is 0.600. The van der Waals surface area contributed by atoms with Gasteiger partial charge in [-0.15, -0.1) is 0 Å². The highest BCUT2D eigenvalue weighted by Crippen LogP contribution is 2.34. The van der Waals surface area contributed by atoms with Gasteiger partial charge < -0.3 is 8.86 Å². The zero-order valence-electron chi connectivity index (χ0n) is 11.3. The summed E-state index contributed by atoms with van der Waals surface area (Å²) < 4.78 is 0. The van der Waals surface area contributed by atoms with Crippen molar-refractivity contribution >= 4 is 14.2 Å². The SMILES string of the molecule is CC(C)C1=C[C+](C(C)C)C=C(C(C)C)C1=[P-]. The van der Waals surface area contributed by atoms with Crippen LogP contribution in [0.25, 0.3) is 0 Å². The van der Waals surface area contributed by atoms with Gasteiger partial charge in [-0.1, -0.05) is 5.29 Å². The van der Waals surface area contributed by atoms with Crippen LogP contribution in [0.5, 0.6) is 0 Å². The molecular formula is C15H23P. The average molecular weight is 234 g/mol. The Kier molecular flexibility index (Phi) is 4.44. The van der Waals surface area contributed by atoms with Gasteiger partial charge in [-0.05, 0) is 41.5 Å². The van der Waals surface area contributed by atoms with Crippen molar-refractivity contribution in [1.29, 1.82) is 0 Å². The van der Waals surface area contributed by atoms with E-state index in [1.807, 2.05) is 0 Å². The van der Waals surface area contributed by atoms with Crippen molar-refractivity contribution in [2.24, 2.45) is 17.8 Å². The summed E-state index contributed by atoms with van der Waals surface area (Å²) in [6.45, 7) is 13.5. The molecule has 0 amide bonds. The number of allylic oxidation sites excluding steroid dienone is 4. The number of hydrogen-bond donors (Lipinski definition) is 0. The third-order valence-electron chi connectivity index (χ3n) is 3.10. The maximum Gasteiger partial charge on any atom is 0.0551 e. The molecular weight excluding hydrogens is 211 g/mol. The molecule has 0 aromatic rings. The van der Waals surface area contributed by atoms with Crippen molar-refractivity contribution in [3.8, 4) is 0 Å². The number of hydrogen-bond acceptors (Lipinski definition) is 0. The van der Waals surface area contributed by atoms with Gasteiger partial charge in [-0.25, -0.2) is 0 Å². The standard InChI is InChI=1S/C15H23P/c1-9(2)12-7-13(10(3)4)15(16)14(8-12)11(5)6/h7-11H,1-6H3. The molecule has 0 saturated heterocycles. The molecule has 1 aliphatic carbocycles. The van der Waals surface area contributed by atoms with E-state index in [-0.39, 0.29) is 0 Å². The zero-order chi connectivity index (χ0) is 12.5. The van der Waals surface area contributed by atoms with Crippen LogP contribution >= 0.6 is 8.86 Å². The van der Waals surface area contributed by atoms with Crippen molar-refractivity contribution < 1.29 is 0 Å². The molecule has 0 fully saturated rings. The van der Waals surface area contributed by atoms with E-state index < -0.39 is 0 Å². The second-order valence-corrected chi connectivity index (χ2v) is 5.96. The van der Waals surface area contributed by atoms with E-state index in [1.165, 1.54) is 22.4 Å². The molecule has 0 aromatic carbocycles. The highest BCUT2D eigenvalue weighted by Gasteiger charge is 2.27. The Morgan fingerprint density at radius 2 is 1.25 bits per heavy atom. The topological polar surface area (TPSA) is 0 Å². The van der Waals surface area contributed by atoms with Gasteiger partial charge in [0.2, 0.25) is 0 Å². The summed E-state index contributed by atoms with van der Waals surface area (Å²) >= 11 is 0. The van der Waals surface area contributed by atoms with Crippen LogP contribution in [0.1, 0.15) is 41.5 Å². The largest absolute Gasteiger partial charge is 0.690 e. The van der Waals surface area contributed by atoms with Gasteiger partial charge in [0.05, 0.1) is 18.1 Å². The van der Waals surface area contributed by atoms with E-state index in [2.05, 4.69) is 53.7 Å². The van der Waals surface area contributed by atoms with E-state index in [0.29, 0.717) is 17.8 Å². The van der Waals surface area contributed by atoms with Gasteiger partial charge in [-0.2, -0.15) is 0 Å². The quantitative estimate of drug-likeness (QED) is 0.477. The second-order valence-electron chi connectivity index (χ2n) is 5.51. The van der Waals surface area contributed by atoms with Gasteiger partial charge in [0.25, 0.3) is 0 Å². The van der Waals surface area contributed by atoms with Crippen molar-refractivity contribution in [3.63, 3.8) is 0 Å². The van der Waals surface area contributed by atoms with Crippen LogP contribution in [0.4, 0.5) is 0 Å². The lowest BCUT2D eigenvalue weighted by atomic mass is 9.78. The van der Waals surface area contributed by atoms with Crippen LogP contribution in [-0.4, -0.2) is 5.29 Å². The van der Waals surface area contributed by atoms with Gasteiger partial charge in [0.15, 0.2) is 0 Å². The molecule has 0 bridgehead atoms. The molecule has 0 aromatic heterocycles. The molecule has 0 aliphatic heterocycles. The van der Waals surface area contributed by atoms with E-state index in [9.17, 15) is 0 Å². The summed E-state index contributed by atoms with van der Waals surface area (Å²) in [6.07, 6.45) is 4.65. The van der Waals surface area contributed by atoms with Crippen LogP contribution in [0.2, 0.25) is 0 Å². The molecule has 88 valence electrons. The Hall–Kier alpha value is -0.480. The minimum absolute atomic E-state index is 0.545. The van der Waals surface area contributed by atoms with Crippen molar-refractivity contribution in [3.05, 3.63) is 29.2 Å². The summed E-state index contributed by atoms with van der Waals surface area (Å²) in [4.78, 5) is 0. The summed E-state index contributed by atoms with van der Waals surface area (Å²) in [7, 11) is 4.71. The molecule has 0 radical (unpaired) electrons. The van der Waals surface area contributed by atoms with E-state index in [1.54, 1.807) is 0 Å². The Labute approximate surface area is 103 Å². The molecule has 0 atom stereocenters. The molecule has 0 spiro atoms. The minimum atomic E-state index is 0.545. The lowest BCUT2D eigenvalue weighted by molar-refractivity contribution is 0.702. The lowest BCUT2D eigenvalue weighted by Crippen LogP contribution is -2.20. The molecule has 0 heterocycles. The van der Waals surface area contributed by atoms with Crippen molar-refractivity contribution in [2.45, 2.75) is 41.5 Å². The highest BCUT2D eigenvalue weighted by atomic mass is 31.0. The first-order valence-corrected chi connectivity index (χ1v) is 6.66. The predicted molar refractivity (Wildman–Crippen MR) is 75.9 cm³/mol. The van der Waals surface area contributed by atoms with Crippen LogP contribution in [0, 0.1) is 23.7 Å². The fourth-order valence-electron chi connectivity index (χ4n) is 1.92. The van der Waals surface area contributed by atoms with Gasteiger partial charge in [0.1, 0.15) is 0 Å². The molecule has 0 nitrogen and oxygen atoms in total. The fourth-order valence-corrected chi connectivity index (χ4v) is 2.56. The monoisotopic (exact) mass is 234 g/mol. The van der Waals surface area contributed by atoms with Crippen LogP contribution in [0.3, 0.4) is 0 Å². The molecule has 0 saturated carbocycles. The second kappa shape index (κ2) is 5.23. The zero-order valence-corrected chi connectivity index (χ0v) is 12.2. The summed E-state index contributed by atoms with van der Waals surface area (Å²) in [5, 5.41) is 1.19. The van der Waals surface area contributed by atoms with Gasteiger partial charge in [0, 0.05) is 28.9 Å². The highest BCUT2D eigenvalue weighted by molar-refractivity contribution is 7.23. The van der Waals surface area contributed by atoms with Crippen LogP contribution in [-0.2, 0) is 0 Å². The molecule has 0 unspecified atom stereocenters. The molecule has 16 heavy (non-hydrogen) atoms. The van der Waals surface area contributed by atoms with E-state index >= 15 is 0 Å². The Bertz CT molecular complexity index is 301. The predicted octanol–water partition coefficient (Wildman–Crippen LogP) is 4.98. The normalized spacial score (nSPS) is 17.3. The van der Waals surface area contributed by atoms with Crippen LogP contribution < -0.4 is 0 Å². The average Bonchev–Trinajstić information content (AvgIpc) is 2.16. The lowest BCUT2D eigenvalue weighted by Gasteiger charge is -2.26. The summed E-state index contributed by atoms with van der Waals surface area (Å²) in [5.41, 5.74) is 2.77. The molecule has 1 rings (SSSR count). The number of rotatable bonds is 3. The Morgan fingerprint density at radius 1 is 0.875 bits per heavy atom. The first-order valence-electron chi connectivity index (χ1n) is 6.21. The third-order valence-corrected chi connectivity index (χ3v) is 3.62. The summed E-state index contributed by atoms with van der Waals surface area (Å²) in [5.74, 6) is 3.11. The maximum absolute atomic E-state index is 4.71. The molecule has 1 heteroatoms. The first-order chi connectivity index (χ1) is 7.34. The Morgan fingerprint density at radius 3 is 1.50 bits per heavy atom. The third kappa shape index (κ3) is 2.80. The smallest absolute Gasteiger partial charge is 0.0551 e. The van der Waals surface area contributed by atoms with E-state index in [4.69, 9.17) is 8.86 Å².